The van der Waals surface area contributed by atoms with Crippen molar-refractivity contribution < 1.29 is 14.1 Å². The van der Waals surface area contributed by atoms with E-state index in [9.17, 15) is 24.1 Å². The normalized spacial score (nSPS) is 14.5. The van der Waals surface area contributed by atoms with Gasteiger partial charge in [0.1, 0.15) is 17.1 Å². The highest BCUT2D eigenvalue weighted by Gasteiger charge is 2.18. The molecule has 8 rings (SSSR count). The fourth-order valence-corrected chi connectivity index (χ4v) is 6.97. The lowest BCUT2D eigenvalue weighted by atomic mass is 10.1. The average molecular weight is 752 g/mol. The lowest BCUT2D eigenvalue weighted by molar-refractivity contribution is -0.385. The predicted octanol–water partition coefficient (Wildman–Crippen LogP) is 4.32. The highest BCUT2D eigenvalue weighted by Crippen LogP contribution is 2.31. The third-order valence-electron chi connectivity index (χ3n) is 9.37. The van der Waals surface area contributed by atoms with Crippen LogP contribution in [0.5, 0.6) is 5.75 Å². The van der Waals surface area contributed by atoms with Gasteiger partial charge in [0.2, 0.25) is 0 Å². The Kier molecular flexibility index (Phi) is 10.8. The number of rotatable bonds is 7. The van der Waals surface area contributed by atoms with Crippen LogP contribution in [-0.4, -0.2) is 89.4 Å². The molecule has 2 aromatic carbocycles. The van der Waals surface area contributed by atoms with Crippen LogP contribution in [0, 0.1) is 15.9 Å². The van der Waals surface area contributed by atoms with Gasteiger partial charge in [0.05, 0.1) is 34.8 Å². The number of nitro groups is 1. The summed E-state index contributed by atoms with van der Waals surface area (Å²) < 4.78 is 22.1. The van der Waals surface area contributed by atoms with Crippen LogP contribution in [0.25, 0.3) is 33.8 Å². The Balaban J connectivity index is 0.000000167. The molecule has 14 nitrogen and oxygen atoms in total. The minimum atomic E-state index is -0.518. The molecule has 0 saturated carbocycles. The summed E-state index contributed by atoms with van der Waals surface area (Å²) in [6.07, 6.45) is 5.45. The highest BCUT2D eigenvalue weighted by atomic mass is 32.2. The summed E-state index contributed by atoms with van der Waals surface area (Å²) in [6.45, 7) is 7.24. The lowest BCUT2D eigenvalue weighted by Crippen LogP contribution is -2.43. The van der Waals surface area contributed by atoms with E-state index >= 15 is 0 Å². The zero-order valence-corrected chi connectivity index (χ0v) is 30.5. The van der Waals surface area contributed by atoms with Gasteiger partial charge in [-0.05, 0) is 54.8 Å². The SMILES string of the molecule is COc1ccc(-c2cc(=O)n3cc(N4CCNCC4)ccc3n2)cc1[N+](=O)[O-].CSc1ccc(-c2cc(=O)n3cc(N4CCNCC4)ccc3n2)cc1F. The molecule has 6 aromatic rings. The highest BCUT2D eigenvalue weighted by molar-refractivity contribution is 7.98. The van der Waals surface area contributed by atoms with Gasteiger partial charge in [-0.1, -0.05) is 6.07 Å². The van der Waals surface area contributed by atoms with E-state index in [1.807, 2.05) is 30.7 Å². The quantitative estimate of drug-likeness (QED) is 0.136. The minimum Gasteiger partial charge on any atom is -0.490 e. The molecule has 0 spiro atoms. The minimum absolute atomic E-state index is 0.159. The third kappa shape index (κ3) is 7.76. The number of pyridine rings is 2. The van der Waals surface area contributed by atoms with Crippen molar-refractivity contribution in [3.8, 4) is 28.3 Å². The Labute approximate surface area is 313 Å². The van der Waals surface area contributed by atoms with Gasteiger partial charge in [0.25, 0.3) is 11.1 Å². The molecule has 4 aromatic heterocycles. The lowest BCUT2D eigenvalue weighted by Gasteiger charge is -2.29. The molecular formula is C38H38FN9O5S. The van der Waals surface area contributed by atoms with Crippen molar-refractivity contribution in [1.82, 2.24) is 29.4 Å². The predicted molar refractivity (Wildman–Crippen MR) is 209 cm³/mol. The second-order valence-electron chi connectivity index (χ2n) is 12.7. The van der Waals surface area contributed by atoms with Crippen LogP contribution in [0.4, 0.5) is 21.5 Å². The summed E-state index contributed by atoms with van der Waals surface area (Å²) in [6, 6.07) is 19.9. The van der Waals surface area contributed by atoms with Crippen LogP contribution >= 0.6 is 11.8 Å². The molecule has 2 aliphatic heterocycles. The molecular weight excluding hydrogens is 714 g/mol. The smallest absolute Gasteiger partial charge is 0.311 e. The van der Waals surface area contributed by atoms with Crippen LogP contribution in [0.1, 0.15) is 0 Å². The number of nitrogens with zero attached hydrogens (tertiary/aromatic N) is 7. The number of nitrogens with one attached hydrogen (secondary N) is 2. The molecule has 2 aliphatic rings. The number of hydrogen-bond acceptors (Lipinski definition) is 12. The molecule has 2 fully saturated rings. The number of methoxy groups -OCH3 is 1. The first-order valence-corrected chi connectivity index (χ1v) is 18.6. The number of nitro benzene ring substituents is 1. The summed E-state index contributed by atoms with van der Waals surface area (Å²) in [5.41, 5.74) is 4.38. The number of hydrogen-bond donors (Lipinski definition) is 2. The average Bonchev–Trinajstić information content (AvgIpc) is 3.21. The van der Waals surface area contributed by atoms with Gasteiger partial charge in [-0.3, -0.25) is 28.5 Å². The number of fused-ring (bicyclic) bond motifs is 2. The molecule has 0 amide bonds. The Morgan fingerprint density at radius 1 is 0.741 bits per heavy atom. The van der Waals surface area contributed by atoms with Crippen molar-refractivity contribution in [3.63, 3.8) is 0 Å². The molecule has 6 heterocycles. The van der Waals surface area contributed by atoms with Crippen molar-refractivity contribution in [2.45, 2.75) is 4.90 Å². The van der Waals surface area contributed by atoms with Gasteiger partial charge in [0, 0.05) is 99.0 Å². The molecule has 16 heteroatoms. The number of anilines is 2. The Morgan fingerprint density at radius 3 is 1.70 bits per heavy atom. The number of thioether (sulfide) groups is 1. The molecule has 54 heavy (non-hydrogen) atoms. The number of aromatic nitrogens is 4. The van der Waals surface area contributed by atoms with Gasteiger partial charge in [0.15, 0.2) is 5.75 Å². The van der Waals surface area contributed by atoms with E-state index < -0.39 is 4.92 Å². The van der Waals surface area contributed by atoms with Crippen LogP contribution < -0.4 is 36.3 Å². The largest absolute Gasteiger partial charge is 0.490 e. The van der Waals surface area contributed by atoms with Crippen LogP contribution in [-0.2, 0) is 0 Å². The van der Waals surface area contributed by atoms with Crippen LogP contribution in [0.3, 0.4) is 0 Å². The number of halogens is 1. The second kappa shape index (κ2) is 16.0. The van der Waals surface area contributed by atoms with Crippen molar-refractivity contribution in [2.75, 3.05) is 75.5 Å². The van der Waals surface area contributed by atoms with Crippen LogP contribution in [0.2, 0.25) is 0 Å². The summed E-state index contributed by atoms with van der Waals surface area (Å²) in [5, 5.41) is 17.9. The van der Waals surface area contributed by atoms with Crippen molar-refractivity contribution >= 4 is 40.1 Å². The topological polar surface area (TPSA) is 152 Å². The first-order chi connectivity index (χ1) is 26.2. The van der Waals surface area contributed by atoms with E-state index in [-0.39, 0.29) is 28.4 Å². The molecule has 2 saturated heterocycles. The molecule has 0 aliphatic carbocycles. The van der Waals surface area contributed by atoms with E-state index in [4.69, 9.17) is 4.74 Å². The van der Waals surface area contributed by atoms with Gasteiger partial charge >= 0.3 is 5.69 Å². The fraction of sp³-hybridized carbons (Fsp3) is 0.263. The third-order valence-corrected chi connectivity index (χ3v) is 10.1. The Morgan fingerprint density at radius 2 is 1.24 bits per heavy atom. The van der Waals surface area contributed by atoms with Gasteiger partial charge < -0.3 is 25.2 Å². The maximum Gasteiger partial charge on any atom is 0.311 e. The molecule has 0 atom stereocenters. The molecule has 0 unspecified atom stereocenters. The van der Waals surface area contributed by atoms with Crippen LogP contribution in [0.15, 0.2) is 99.7 Å². The summed E-state index contributed by atoms with van der Waals surface area (Å²) >= 11 is 1.35. The van der Waals surface area contributed by atoms with E-state index in [0.717, 1.165) is 63.7 Å². The van der Waals surface area contributed by atoms with Crippen molar-refractivity contribution in [2.24, 2.45) is 0 Å². The molecule has 278 valence electrons. The van der Waals surface area contributed by atoms with Gasteiger partial charge in [-0.2, -0.15) is 0 Å². The maximum absolute atomic E-state index is 14.1. The number of ether oxygens (including phenoxy) is 1. The number of piperazine rings is 2. The first-order valence-electron chi connectivity index (χ1n) is 17.4. The zero-order chi connectivity index (χ0) is 37.8. The molecule has 0 radical (unpaired) electrons. The van der Waals surface area contributed by atoms with E-state index in [2.05, 4.69) is 30.4 Å². The fourth-order valence-electron chi connectivity index (χ4n) is 6.52. The standard InChI is InChI=1S/C19H19FN4OS.C19H19N5O4/c1-26-17-4-2-13(10-15(17)20)16-11-19(25)24-12-14(3-5-18(24)22-16)23-8-6-21-7-9-23;1-28-17-4-2-13(10-16(17)24(26)27)15-11-19(25)23-12-14(3-5-18(23)21-15)22-8-6-20-7-9-22/h2-5,10-12,21H,6-9H2,1H3;2-5,10-12,20H,6-9H2,1H3. The Bertz CT molecular complexity index is 2460. The van der Waals surface area contributed by atoms with Crippen molar-refractivity contribution in [3.05, 3.63) is 122 Å². The van der Waals surface area contributed by atoms with E-state index in [1.165, 1.54) is 53.6 Å². The van der Waals surface area contributed by atoms with Crippen molar-refractivity contribution in [1.29, 1.82) is 0 Å². The van der Waals surface area contributed by atoms with Gasteiger partial charge in [-0.15, -0.1) is 11.8 Å². The number of benzene rings is 2. The molecule has 2 N–H and O–H groups in total. The monoisotopic (exact) mass is 751 g/mol. The zero-order valence-electron chi connectivity index (χ0n) is 29.7. The first kappa shape index (κ1) is 36.5. The Hall–Kier alpha value is -5.84. The van der Waals surface area contributed by atoms with Gasteiger partial charge in [-0.25, -0.2) is 14.4 Å². The summed E-state index contributed by atoms with van der Waals surface area (Å²) in [5.74, 6) is -0.141. The maximum atomic E-state index is 14.1. The summed E-state index contributed by atoms with van der Waals surface area (Å²) in [7, 11) is 1.37. The van der Waals surface area contributed by atoms with E-state index in [1.54, 1.807) is 34.9 Å². The van der Waals surface area contributed by atoms with E-state index in [0.29, 0.717) is 38.7 Å². The summed E-state index contributed by atoms with van der Waals surface area (Å²) in [4.78, 5) is 50.1. The molecule has 0 bridgehead atoms. The second-order valence-corrected chi connectivity index (χ2v) is 13.5.